The first-order chi connectivity index (χ1) is 14.3. The van der Waals surface area contributed by atoms with Gasteiger partial charge in [0.2, 0.25) is 5.91 Å². The number of nitrogens with zero attached hydrogens (tertiary/aromatic N) is 1. The van der Waals surface area contributed by atoms with Gasteiger partial charge in [-0.15, -0.1) is 11.3 Å². The van der Waals surface area contributed by atoms with E-state index in [-0.39, 0.29) is 29.4 Å². The zero-order valence-corrected chi connectivity index (χ0v) is 20.5. The van der Waals surface area contributed by atoms with E-state index in [4.69, 9.17) is 4.74 Å². The summed E-state index contributed by atoms with van der Waals surface area (Å²) in [6.07, 6.45) is 2.02. The molecule has 1 aliphatic heterocycles. The molecule has 0 spiro atoms. The molecule has 1 unspecified atom stereocenters. The van der Waals surface area contributed by atoms with Gasteiger partial charge in [0, 0.05) is 18.0 Å². The van der Waals surface area contributed by atoms with Crippen LogP contribution in [0.1, 0.15) is 62.2 Å². The van der Waals surface area contributed by atoms with E-state index in [1.165, 1.54) is 4.90 Å². The molecule has 2 heterocycles. The molecule has 174 valence electrons. The molecule has 31 heavy (non-hydrogen) atoms. The number of unbranched alkanes of at least 4 members (excludes halogenated alkanes) is 1. The van der Waals surface area contributed by atoms with Crippen LogP contribution in [0.15, 0.2) is 6.07 Å². The summed E-state index contributed by atoms with van der Waals surface area (Å²) < 4.78 is 28.9. The largest absolute Gasteiger partial charge is 0.451 e. The van der Waals surface area contributed by atoms with Crippen LogP contribution in [-0.4, -0.2) is 61.8 Å². The zero-order chi connectivity index (χ0) is 23.4. The molecule has 1 aromatic heterocycles. The Morgan fingerprint density at radius 1 is 1.29 bits per heavy atom. The molecule has 0 saturated carbocycles. The van der Waals surface area contributed by atoms with Crippen LogP contribution in [0.25, 0.3) is 0 Å². The Morgan fingerprint density at radius 3 is 2.52 bits per heavy atom. The normalized spacial score (nSPS) is 17.9. The third kappa shape index (κ3) is 7.03. The summed E-state index contributed by atoms with van der Waals surface area (Å²) >= 11 is 1.10. The summed E-state index contributed by atoms with van der Waals surface area (Å²) in [5, 5.41) is 3.33. The highest BCUT2D eigenvalue weighted by atomic mass is 32.2. The second kappa shape index (κ2) is 10.1. The van der Waals surface area contributed by atoms with Crippen molar-refractivity contribution in [3.8, 4) is 0 Å². The Morgan fingerprint density at radius 2 is 1.97 bits per heavy atom. The number of carbonyl (C=O) groups is 3. The number of esters is 1. The van der Waals surface area contributed by atoms with Gasteiger partial charge in [0.25, 0.3) is 5.91 Å². The molecular formula is C21H32N2O6S2. The predicted octanol–water partition coefficient (Wildman–Crippen LogP) is 3.01. The second-order valence-electron chi connectivity index (χ2n) is 8.90. The van der Waals surface area contributed by atoms with Crippen LogP contribution < -0.4 is 5.32 Å². The lowest BCUT2D eigenvalue weighted by atomic mass is 9.96. The summed E-state index contributed by atoms with van der Waals surface area (Å²) in [5.74, 6) is -1.16. The van der Waals surface area contributed by atoms with Crippen molar-refractivity contribution in [3.63, 3.8) is 0 Å². The molecule has 1 aromatic rings. The summed E-state index contributed by atoms with van der Waals surface area (Å²) in [4.78, 5) is 39.3. The molecular weight excluding hydrogens is 440 g/mol. The van der Waals surface area contributed by atoms with Crippen molar-refractivity contribution in [1.29, 1.82) is 0 Å². The molecule has 10 heteroatoms. The smallest absolute Gasteiger partial charge is 0.349 e. The lowest BCUT2D eigenvalue weighted by molar-refractivity contribution is -0.136. The minimum absolute atomic E-state index is 0.0444. The van der Waals surface area contributed by atoms with Crippen molar-refractivity contribution < 1.29 is 27.5 Å². The van der Waals surface area contributed by atoms with Crippen molar-refractivity contribution in [2.45, 2.75) is 59.9 Å². The summed E-state index contributed by atoms with van der Waals surface area (Å²) in [7, 11) is -3.13. The fraction of sp³-hybridized carbons (Fsp3) is 0.667. The van der Waals surface area contributed by atoms with Gasteiger partial charge in [-0.25, -0.2) is 13.2 Å². The molecule has 8 nitrogen and oxygen atoms in total. The first kappa shape index (κ1) is 25.3. The SMILES string of the molecule is CCCCN(C(=O)COC(=O)c1sc(NC(=O)C(C)(C)C)cc1C)C1CCS(=O)(=O)C1. The number of anilines is 1. The number of hydrogen-bond acceptors (Lipinski definition) is 7. The average molecular weight is 473 g/mol. The van der Waals surface area contributed by atoms with Crippen molar-refractivity contribution in [2.75, 3.05) is 30.0 Å². The Hall–Kier alpha value is -1.94. The third-order valence-electron chi connectivity index (χ3n) is 5.07. The topological polar surface area (TPSA) is 110 Å². The lowest BCUT2D eigenvalue weighted by Crippen LogP contribution is -2.43. The van der Waals surface area contributed by atoms with Crippen LogP contribution in [0.3, 0.4) is 0 Å². The minimum Gasteiger partial charge on any atom is -0.451 e. The van der Waals surface area contributed by atoms with Crippen molar-refractivity contribution in [2.24, 2.45) is 5.41 Å². The number of ether oxygens (including phenoxy) is 1. The van der Waals surface area contributed by atoms with Crippen LogP contribution in [0.2, 0.25) is 0 Å². The molecule has 1 atom stereocenters. The van der Waals surface area contributed by atoms with Gasteiger partial charge in [-0.05, 0) is 31.4 Å². The van der Waals surface area contributed by atoms with Crippen LogP contribution in [0, 0.1) is 12.3 Å². The van der Waals surface area contributed by atoms with Crippen LogP contribution >= 0.6 is 11.3 Å². The number of nitrogens with one attached hydrogen (secondary N) is 1. The maximum atomic E-state index is 12.7. The third-order valence-corrected chi connectivity index (χ3v) is 7.95. The number of carbonyl (C=O) groups excluding carboxylic acids is 3. The van der Waals surface area contributed by atoms with E-state index in [2.05, 4.69) is 5.32 Å². The van der Waals surface area contributed by atoms with Gasteiger partial charge in [0.05, 0.1) is 16.5 Å². The summed E-state index contributed by atoms with van der Waals surface area (Å²) in [5.41, 5.74) is 0.0806. The van der Waals surface area contributed by atoms with Gasteiger partial charge in [0.1, 0.15) is 4.88 Å². The molecule has 2 rings (SSSR count). The first-order valence-electron chi connectivity index (χ1n) is 10.4. The Bertz CT molecular complexity index is 930. The van der Waals surface area contributed by atoms with Crippen LogP contribution in [0.4, 0.5) is 5.00 Å². The van der Waals surface area contributed by atoms with Gasteiger partial charge < -0.3 is 15.0 Å². The molecule has 0 bridgehead atoms. The molecule has 1 saturated heterocycles. The van der Waals surface area contributed by atoms with E-state index in [0.29, 0.717) is 28.4 Å². The van der Waals surface area contributed by atoms with E-state index in [1.807, 2.05) is 6.92 Å². The highest BCUT2D eigenvalue weighted by molar-refractivity contribution is 7.91. The van der Waals surface area contributed by atoms with Crippen molar-refractivity contribution in [1.82, 2.24) is 4.90 Å². The minimum atomic E-state index is -3.13. The van der Waals surface area contributed by atoms with Crippen molar-refractivity contribution >= 4 is 44.0 Å². The van der Waals surface area contributed by atoms with Gasteiger partial charge in [-0.3, -0.25) is 9.59 Å². The fourth-order valence-corrected chi connectivity index (χ4v) is 5.87. The number of sulfone groups is 1. The molecule has 2 amide bonds. The molecule has 1 aliphatic rings. The lowest BCUT2D eigenvalue weighted by Gasteiger charge is -2.28. The Balaban J connectivity index is 2.01. The van der Waals surface area contributed by atoms with Crippen LogP contribution in [0.5, 0.6) is 0 Å². The van der Waals surface area contributed by atoms with Gasteiger partial charge in [0.15, 0.2) is 16.4 Å². The van der Waals surface area contributed by atoms with E-state index in [0.717, 1.165) is 24.2 Å². The maximum Gasteiger partial charge on any atom is 0.349 e. The fourth-order valence-electron chi connectivity index (χ4n) is 3.18. The van der Waals surface area contributed by atoms with E-state index < -0.39 is 27.8 Å². The van der Waals surface area contributed by atoms with Crippen LogP contribution in [-0.2, 0) is 24.2 Å². The maximum absolute atomic E-state index is 12.7. The number of rotatable bonds is 8. The average Bonchev–Trinajstić information content (AvgIpc) is 3.21. The van der Waals surface area contributed by atoms with E-state index in [1.54, 1.807) is 33.8 Å². The van der Waals surface area contributed by atoms with Gasteiger partial charge >= 0.3 is 5.97 Å². The molecule has 0 aliphatic carbocycles. The summed E-state index contributed by atoms with van der Waals surface area (Å²) in [6.45, 7) is 9.10. The molecule has 1 N–H and O–H groups in total. The number of aryl methyl sites for hydroxylation is 1. The Kier molecular flexibility index (Phi) is 8.27. The van der Waals surface area contributed by atoms with Gasteiger partial charge in [-0.1, -0.05) is 34.1 Å². The highest BCUT2D eigenvalue weighted by Gasteiger charge is 2.34. The highest BCUT2D eigenvalue weighted by Crippen LogP contribution is 2.29. The quantitative estimate of drug-likeness (QED) is 0.583. The standard InChI is InChI=1S/C21H32N2O6S2/c1-6-7-9-23(15-8-10-31(27,28)13-15)17(24)12-29-19(25)18-14(2)11-16(30-18)22-20(26)21(3,4)5/h11,15H,6-10,12-13H2,1-5H3,(H,22,26). The molecule has 1 fully saturated rings. The zero-order valence-electron chi connectivity index (χ0n) is 18.8. The number of amides is 2. The second-order valence-corrected chi connectivity index (χ2v) is 12.2. The van der Waals surface area contributed by atoms with Crippen molar-refractivity contribution in [3.05, 3.63) is 16.5 Å². The van der Waals surface area contributed by atoms with E-state index in [9.17, 15) is 22.8 Å². The summed E-state index contributed by atoms with van der Waals surface area (Å²) in [6, 6.07) is 1.33. The number of thiophene rings is 1. The molecule has 0 radical (unpaired) electrons. The number of hydrogen-bond donors (Lipinski definition) is 1. The first-order valence-corrected chi connectivity index (χ1v) is 13.1. The predicted molar refractivity (Wildman–Crippen MR) is 121 cm³/mol. The molecule has 0 aromatic carbocycles. The monoisotopic (exact) mass is 472 g/mol. The Labute approximate surface area is 188 Å². The van der Waals surface area contributed by atoms with Gasteiger partial charge in [-0.2, -0.15) is 0 Å². The van der Waals surface area contributed by atoms with E-state index >= 15 is 0 Å².